The summed E-state index contributed by atoms with van der Waals surface area (Å²) < 4.78 is 11.0. The first-order valence-corrected chi connectivity index (χ1v) is 8.35. The second-order valence-corrected chi connectivity index (χ2v) is 6.00. The fraction of sp³-hybridized carbons (Fsp3) is 0.238. The van der Waals surface area contributed by atoms with Crippen molar-refractivity contribution in [2.24, 2.45) is 0 Å². The van der Waals surface area contributed by atoms with Gasteiger partial charge in [0, 0.05) is 17.1 Å². The van der Waals surface area contributed by atoms with E-state index in [-0.39, 0.29) is 18.5 Å². The van der Waals surface area contributed by atoms with E-state index in [0.29, 0.717) is 6.61 Å². The van der Waals surface area contributed by atoms with Gasteiger partial charge in [-0.15, -0.1) is 0 Å². The van der Waals surface area contributed by atoms with Crippen LogP contribution in [-0.4, -0.2) is 17.6 Å². The molecule has 0 saturated heterocycles. The summed E-state index contributed by atoms with van der Waals surface area (Å²) in [5.74, 6) is 0.470. The van der Waals surface area contributed by atoms with Crippen LogP contribution in [0, 0.1) is 6.92 Å². The van der Waals surface area contributed by atoms with Crippen molar-refractivity contribution in [2.45, 2.75) is 26.4 Å². The maximum atomic E-state index is 12.0. The van der Waals surface area contributed by atoms with Gasteiger partial charge in [0.25, 0.3) is 0 Å². The van der Waals surface area contributed by atoms with E-state index in [9.17, 15) is 4.79 Å². The second kappa shape index (κ2) is 7.79. The first-order valence-electron chi connectivity index (χ1n) is 8.35. The molecule has 3 aromatic rings. The van der Waals surface area contributed by atoms with E-state index in [2.05, 4.69) is 4.98 Å². The quantitative estimate of drug-likeness (QED) is 0.617. The highest BCUT2D eigenvalue weighted by Crippen LogP contribution is 2.21. The number of carbonyl (C=O) groups excluding carboxylic acids is 1. The maximum Gasteiger partial charge on any atom is 0.309 e. The monoisotopic (exact) mass is 335 g/mol. The average molecular weight is 335 g/mol. The minimum Gasteiger partial charge on any atom is -0.493 e. The van der Waals surface area contributed by atoms with Crippen molar-refractivity contribution in [2.75, 3.05) is 6.61 Å². The third-order valence-electron chi connectivity index (χ3n) is 3.99. The van der Waals surface area contributed by atoms with Gasteiger partial charge >= 0.3 is 5.97 Å². The van der Waals surface area contributed by atoms with Crippen LogP contribution >= 0.6 is 0 Å². The summed E-state index contributed by atoms with van der Waals surface area (Å²) in [6.07, 6.45) is 1.62. The molecule has 3 rings (SSSR count). The molecule has 0 N–H and O–H groups in total. The molecular formula is C21H21NO3. The molecule has 0 fully saturated rings. The molecule has 0 bridgehead atoms. The molecule has 2 aromatic carbocycles. The smallest absolute Gasteiger partial charge is 0.309 e. The zero-order valence-corrected chi connectivity index (χ0v) is 14.4. The van der Waals surface area contributed by atoms with Crippen molar-refractivity contribution in [3.63, 3.8) is 0 Å². The Labute approximate surface area is 147 Å². The molecule has 25 heavy (non-hydrogen) atoms. The van der Waals surface area contributed by atoms with E-state index in [0.717, 1.165) is 22.2 Å². The maximum absolute atomic E-state index is 12.0. The standard InChI is InChI=1S/C21H21NO3/c1-15-7-9-19(10-8-15)24-12-11-21(23)25-16(2)18-13-17-5-3-4-6-20(17)22-14-18/h3-10,13-14,16H,11-12H2,1-2H3/t16-/m0/s1. The molecule has 1 heterocycles. The molecular weight excluding hydrogens is 314 g/mol. The van der Waals surface area contributed by atoms with Gasteiger partial charge in [-0.3, -0.25) is 9.78 Å². The molecule has 0 amide bonds. The Kier molecular flexibility index (Phi) is 5.29. The van der Waals surface area contributed by atoms with Crippen LogP contribution in [0.3, 0.4) is 0 Å². The first-order chi connectivity index (χ1) is 12.1. The van der Waals surface area contributed by atoms with Gasteiger partial charge in [-0.25, -0.2) is 0 Å². The number of aromatic nitrogens is 1. The largest absolute Gasteiger partial charge is 0.493 e. The third kappa shape index (κ3) is 4.57. The van der Waals surface area contributed by atoms with Crippen molar-refractivity contribution in [3.8, 4) is 5.75 Å². The lowest BCUT2D eigenvalue weighted by Gasteiger charge is -2.14. The number of pyridine rings is 1. The zero-order chi connectivity index (χ0) is 17.6. The molecule has 4 nitrogen and oxygen atoms in total. The Morgan fingerprint density at radius 2 is 1.88 bits per heavy atom. The Balaban J connectivity index is 1.51. The summed E-state index contributed by atoms with van der Waals surface area (Å²) in [5.41, 5.74) is 2.98. The average Bonchev–Trinajstić information content (AvgIpc) is 2.63. The Morgan fingerprint density at radius 1 is 1.12 bits per heavy atom. The minimum atomic E-state index is -0.344. The van der Waals surface area contributed by atoms with Crippen LogP contribution in [0.4, 0.5) is 0 Å². The Bertz CT molecular complexity index is 858. The van der Waals surface area contributed by atoms with Gasteiger partial charge in [0.2, 0.25) is 0 Å². The van der Waals surface area contributed by atoms with Gasteiger partial charge in [-0.1, -0.05) is 35.9 Å². The number of rotatable bonds is 6. The predicted molar refractivity (Wildman–Crippen MR) is 97.5 cm³/mol. The minimum absolute atomic E-state index is 0.208. The van der Waals surface area contributed by atoms with E-state index >= 15 is 0 Å². The molecule has 0 saturated carbocycles. The highest BCUT2D eigenvalue weighted by molar-refractivity contribution is 5.79. The third-order valence-corrected chi connectivity index (χ3v) is 3.99. The highest BCUT2D eigenvalue weighted by atomic mass is 16.5. The molecule has 0 aliphatic carbocycles. The number of esters is 1. The number of para-hydroxylation sites is 1. The summed E-state index contributed by atoms with van der Waals surface area (Å²) >= 11 is 0. The fourth-order valence-corrected chi connectivity index (χ4v) is 2.52. The van der Waals surface area contributed by atoms with Crippen LogP contribution in [0.25, 0.3) is 10.9 Å². The van der Waals surface area contributed by atoms with Crippen LogP contribution in [0.2, 0.25) is 0 Å². The number of hydrogen-bond acceptors (Lipinski definition) is 4. The van der Waals surface area contributed by atoms with Crippen LogP contribution in [-0.2, 0) is 9.53 Å². The zero-order valence-electron chi connectivity index (χ0n) is 14.4. The molecule has 0 unspecified atom stereocenters. The number of fused-ring (bicyclic) bond motifs is 1. The molecule has 1 aromatic heterocycles. The van der Waals surface area contributed by atoms with E-state index in [4.69, 9.17) is 9.47 Å². The summed E-state index contributed by atoms with van der Waals surface area (Å²) in [7, 11) is 0. The lowest BCUT2D eigenvalue weighted by atomic mass is 10.1. The van der Waals surface area contributed by atoms with Crippen molar-refractivity contribution in [1.29, 1.82) is 0 Å². The van der Waals surface area contributed by atoms with Crippen molar-refractivity contribution < 1.29 is 14.3 Å². The van der Waals surface area contributed by atoms with E-state index in [1.54, 1.807) is 6.20 Å². The molecule has 0 aliphatic rings. The first kappa shape index (κ1) is 17.0. The molecule has 0 radical (unpaired) electrons. The number of hydrogen-bond donors (Lipinski definition) is 0. The number of carbonyl (C=O) groups is 1. The number of ether oxygens (including phenoxy) is 2. The van der Waals surface area contributed by atoms with E-state index in [1.807, 2.05) is 68.4 Å². The normalized spacial score (nSPS) is 11.9. The molecule has 1 atom stereocenters. The van der Waals surface area contributed by atoms with Crippen molar-refractivity contribution in [1.82, 2.24) is 4.98 Å². The van der Waals surface area contributed by atoms with Crippen LogP contribution < -0.4 is 4.74 Å². The van der Waals surface area contributed by atoms with Gasteiger partial charge in [-0.2, -0.15) is 0 Å². The topological polar surface area (TPSA) is 48.4 Å². The van der Waals surface area contributed by atoms with Crippen LogP contribution in [0.5, 0.6) is 5.75 Å². The number of aryl methyl sites for hydroxylation is 1. The lowest BCUT2D eigenvalue weighted by molar-refractivity contribution is -0.149. The molecule has 128 valence electrons. The van der Waals surface area contributed by atoms with Gasteiger partial charge in [0.1, 0.15) is 11.9 Å². The van der Waals surface area contributed by atoms with Gasteiger partial charge in [0.15, 0.2) is 0 Å². The predicted octanol–water partition coefficient (Wildman–Crippen LogP) is 4.62. The van der Waals surface area contributed by atoms with Gasteiger partial charge in [-0.05, 0) is 38.1 Å². The summed E-state index contributed by atoms with van der Waals surface area (Å²) in [5, 5.41) is 1.03. The van der Waals surface area contributed by atoms with Gasteiger partial charge in [0.05, 0.1) is 18.5 Å². The summed E-state index contributed by atoms with van der Waals surface area (Å²) in [6, 6.07) is 17.6. The van der Waals surface area contributed by atoms with Crippen LogP contribution in [0.15, 0.2) is 60.8 Å². The van der Waals surface area contributed by atoms with Crippen molar-refractivity contribution >= 4 is 16.9 Å². The summed E-state index contributed by atoms with van der Waals surface area (Å²) in [4.78, 5) is 16.4. The Morgan fingerprint density at radius 3 is 2.68 bits per heavy atom. The SMILES string of the molecule is Cc1ccc(OCCC(=O)O[C@@H](C)c2cnc3ccccc3c2)cc1. The van der Waals surface area contributed by atoms with Crippen LogP contribution in [0.1, 0.15) is 30.6 Å². The molecule has 0 aliphatic heterocycles. The number of nitrogens with zero attached hydrogens (tertiary/aromatic N) is 1. The highest BCUT2D eigenvalue weighted by Gasteiger charge is 2.13. The Hall–Kier alpha value is -2.88. The number of benzene rings is 2. The van der Waals surface area contributed by atoms with E-state index < -0.39 is 0 Å². The summed E-state index contributed by atoms with van der Waals surface area (Å²) in [6.45, 7) is 4.17. The lowest BCUT2D eigenvalue weighted by Crippen LogP contribution is -2.12. The second-order valence-electron chi connectivity index (χ2n) is 6.00. The van der Waals surface area contributed by atoms with E-state index in [1.165, 1.54) is 5.56 Å². The molecule has 0 spiro atoms. The van der Waals surface area contributed by atoms with Gasteiger partial charge < -0.3 is 9.47 Å². The van der Waals surface area contributed by atoms with Crippen molar-refractivity contribution in [3.05, 3.63) is 71.9 Å². The fourth-order valence-electron chi connectivity index (χ4n) is 2.52. The molecule has 4 heteroatoms.